The van der Waals surface area contributed by atoms with Gasteiger partial charge in [-0.25, -0.2) is 0 Å². The van der Waals surface area contributed by atoms with Crippen LogP contribution in [-0.4, -0.2) is 88.6 Å². The van der Waals surface area contributed by atoms with E-state index >= 15 is 0 Å². The van der Waals surface area contributed by atoms with Crippen molar-refractivity contribution in [3.63, 3.8) is 0 Å². The molecule has 200 valence electrons. The summed E-state index contributed by atoms with van der Waals surface area (Å²) in [6.45, 7) is 41.7. The van der Waals surface area contributed by atoms with E-state index in [1.54, 1.807) is 0 Å². The highest BCUT2D eigenvalue weighted by Gasteiger charge is 2.35. The fourth-order valence-electron chi connectivity index (χ4n) is 5.23. The van der Waals surface area contributed by atoms with Crippen molar-refractivity contribution in [1.29, 1.82) is 0 Å². The molecule has 0 aromatic heterocycles. The molecule has 0 atom stereocenters. The molecule has 0 N–H and O–H groups in total. The SMILES string of the molecule is CC(C)N(CCN(CCN(C(C)(C)C)C(C)(C)I)CCN(C(C)(C)C)C(C)(C)I)C(C)(C)C. The number of nitrogens with zero attached hydrogens (tertiary/aromatic N) is 4. The van der Waals surface area contributed by atoms with Gasteiger partial charge in [0.2, 0.25) is 0 Å². The van der Waals surface area contributed by atoms with E-state index in [-0.39, 0.29) is 23.7 Å². The number of alkyl halides is 2. The summed E-state index contributed by atoms with van der Waals surface area (Å²) in [5.74, 6) is 0. The minimum absolute atomic E-state index is 0.124. The second-order valence-corrected chi connectivity index (χ2v) is 19.0. The number of hydrogen-bond acceptors (Lipinski definition) is 4. The third kappa shape index (κ3) is 12.9. The van der Waals surface area contributed by atoms with E-state index in [2.05, 4.69) is 169 Å². The van der Waals surface area contributed by atoms with Crippen molar-refractivity contribution in [2.24, 2.45) is 0 Å². The highest BCUT2D eigenvalue weighted by Crippen LogP contribution is 2.31. The van der Waals surface area contributed by atoms with Gasteiger partial charge < -0.3 is 0 Å². The molecule has 0 aliphatic carbocycles. The van der Waals surface area contributed by atoms with E-state index in [9.17, 15) is 0 Å². The van der Waals surface area contributed by atoms with Crippen LogP contribution < -0.4 is 0 Å². The van der Waals surface area contributed by atoms with Gasteiger partial charge in [-0.3, -0.25) is 19.6 Å². The first-order valence-electron chi connectivity index (χ1n) is 12.8. The summed E-state index contributed by atoms with van der Waals surface area (Å²) in [4.78, 5) is 10.7. The van der Waals surface area contributed by atoms with E-state index in [0.717, 1.165) is 39.3 Å². The van der Waals surface area contributed by atoms with E-state index in [1.807, 2.05) is 0 Å². The smallest absolute Gasteiger partial charge is 0.0677 e. The third-order valence-electron chi connectivity index (χ3n) is 6.32. The summed E-state index contributed by atoms with van der Waals surface area (Å²) in [5, 5.41) is 0. The molecule has 0 heterocycles. The standard InChI is InChI=1S/C27H58I2N4/c1-22(2)31(23(3,4)5)19-16-30(17-20-32(24(6,7)8)26(12,13)28)18-21-33(25(9,10)11)27(14,15)29/h22H,16-21H2,1-15H3. The Bertz CT molecular complexity index is 493. The first-order chi connectivity index (χ1) is 14.4. The lowest BCUT2D eigenvalue weighted by Gasteiger charge is -2.47. The van der Waals surface area contributed by atoms with Crippen LogP contribution in [0.15, 0.2) is 0 Å². The van der Waals surface area contributed by atoms with Crippen molar-refractivity contribution in [1.82, 2.24) is 19.6 Å². The van der Waals surface area contributed by atoms with Gasteiger partial charge in [0.05, 0.1) is 7.09 Å². The maximum atomic E-state index is 2.71. The van der Waals surface area contributed by atoms with E-state index < -0.39 is 0 Å². The van der Waals surface area contributed by atoms with Crippen LogP contribution in [-0.2, 0) is 0 Å². The Balaban J connectivity index is 5.67. The van der Waals surface area contributed by atoms with Gasteiger partial charge in [0.1, 0.15) is 0 Å². The summed E-state index contributed by atoms with van der Waals surface area (Å²) in [6, 6.07) is 0.547. The van der Waals surface area contributed by atoms with Crippen molar-refractivity contribution in [3.8, 4) is 0 Å². The van der Waals surface area contributed by atoms with Crippen LogP contribution in [0.5, 0.6) is 0 Å². The van der Waals surface area contributed by atoms with Gasteiger partial charge in [0.25, 0.3) is 0 Å². The highest BCUT2D eigenvalue weighted by atomic mass is 127. The highest BCUT2D eigenvalue weighted by molar-refractivity contribution is 14.1. The summed E-state index contributed by atoms with van der Waals surface area (Å²) in [6.07, 6.45) is 0. The molecular weight excluding hydrogens is 634 g/mol. The van der Waals surface area contributed by atoms with Crippen LogP contribution in [0.3, 0.4) is 0 Å². The molecule has 0 bridgehead atoms. The molecule has 6 heteroatoms. The van der Waals surface area contributed by atoms with Crippen molar-refractivity contribution < 1.29 is 0 Å². The van der Waals surface area contributed by atoms with Crippen LogP contribution >= 0.6 is 45.2 Å². The molecule has 0 aliphatic rings. The molecule has 0 aliphatic heterocycles. The van der Waals surface area contributed by atoms with Crippen molar-refractivity contribution >= 4 is 45.2 Å². The summed E-state index contributed by atoms with van der Waals surface area (Å²) < 4.78 is 0.247. The van der Waals surface area contributed by atoms with E-state index in [4.69, 9.17) is 0 Å². The molecule has 0 saturated carbocycles. The third-order valence-corrected chi connectivity index (χ3v) is 7.49. The number of hydrogen-bond donors (Lipinski definition) is 0. The summed E-state index contributed by atoms with van der Waals surface area (Å²) in [5.41, 5.74) is 0.476. The minimum atomic E-state index is 0.124. The van der Waals surface area contributed by atoms with Gasteiger partial charge in [-0.05, 0) is 104 Å². The molecule has 0 rings (SSSR count). The predicted octanol–water partition coefficient (Wildman–Crippen LogP) is 7.34. The van der Waals surface area contributed by atoms with Crippen LogP contribution in [0.4, 0.5) is 0 Å². The Hall–Kier alpha value is 1.30. The van der Waals surface area contributed by atoms with Gasteiger partial charge in [0.15, 0.2) is 0 Å². The Morgan fingerprint density at radius 2 is 0.788 bits per heavy atom. The lowest BCUT2D eigenvalue weighted by atomic mass is 10.0. The molecule has 0 saturated heterocycles. The second kappa shape index (κ2) is 12.7. The quantitative estimate of drug-likeness (QED) is 0.121. The summed E-state index contributed by atoms with van der Waals surface area (Å²) in [7, 11) is 0. The van der Waals surface area contributed by atoms with Crippen LogP contribution in [0, 0.1) is 0 Å². The molecule has 0 spiro atoms. The van der Waals surface area contributed by atoms with Crippen LogP contribution in [0.1, 0.15) is 104 Å². The summed E-state index contributed by atoms with van der Waals surface area (Å²) >= 11 is 5.21. The molecule has 0 unspecified atom stereocenters. The van der Waals surface area contributed by atoms with Gasteiger partial charge in [-0.2, -0.15) is 0 Å². The molecular formula is C27H58I2N4. The van der Waals surface area contributed by atoms with Crippen molar-refractivity contribution in [3.05, 3.63) is 0 Å². The Morgan fingerprint density at radius 3 is 1.00 bits per heavy atom. The first kappa shape index (κ1) is 34.3. The van der Waals surface area contributed by atoms with E-state index in [0.29, 0.717) is 6.04 Å². The second-order valence-electron chi connectivity index (χ2n) is 13.8. The van der Waals surface area contributed by atoms with E-state index in [1.165, 1.54) is 0 Å². The van der Waals surface area contributed by atoms with Gasteiger partial charge >= 0.3 is 0 Å². The average Bonchev–Trinajstić information content (AvgIpc) is 2.47. The van der Waals surface area contributed by atoms with Crippen LogP contribution in [0.25, 0.3) is 0 Å². The zero-order chi connectivity index (χ0) is 26.6. The van der Waals surface area contributed by atoms with Crippen molar-refractivity contribution in [2.45, 2.75) is 134 Å². The maximum Gasteiger partial charge on any atom is 0.0677 e. The molecule has 0 amide bonds. The zero-order valence-electron chi connectivity index (χ0n) is 24.9. The average molecular weight is 693 g/mol. The monoisotopic (exact) mass is 692 g/mol. The molecule has 0 aromatic rings. The van der Waals surface area contributed by atoms with Crippen LogP contribution in [0.2, 0.25) is 0 Å². The Kier molecular flexibility index (Phi) is 13.2. The molecule has 4 nitrogen and oxygen atoms in total. The number of halogens is 2. The number of rotatable bonds is 12. The Morgan fingerprint density at radius 1 is 0.485 bits per heavy atom. The predicted molar refractivity (Wildman–Crippen MR) is 167 cm³/mol. The molecule has 0 radical (unpaired) electrons. The molecule has 0 fully saturated rings. The van der Waals surface area contributed by atoms with Gasteiger partial charge in [-0.1, -0.05) is 45.2 Å². The normalized spacial score (nSPS) is 15.1. The largest absolute Gasteiger partial charge is 0.300 e. The maximum absolute atomic E-state index is 2.71. The van der Waals surface area contributed by atoms with Gasteiger partial charge in [-0.15, -0.1) is 0 Å². The molecule has 0 aromatic carbocycles. The lowest BCUT2D eigenvalue weighted by molar-refractivity contribution is 0.0431. The fraction of sp³-hybridized carbons (Fsp3) is 1.00. The fourth-order valence-corrected chi connectivity index (χ4v) is 7.16. The topological polar surface area (TPSA) is 13.0 Å². The zero-order valence-corrected chi connectivity index (χ0v) is 29.2. The lowest BCUT2D eigenvalue weighted by Crippen LogP contribution is -2.56. The first-order valence-corrected chi connectivity index (χ1v) is 15.0. The minimum Gasteiger partial charge on any atom is -0.300 e. The van der Waals surface area contributed by atoms with Gasteiger partial charge in [0, 0.05) is 61.9 Å². The Labute approximate surface area is 236 Å². The molecule has 33 heavy (non-hydrogen) atoms. The van der Waals surface area contributed by atoms with Crippen molar-refractivity contribution in [2.75, 3.05) is 39.3 Å².